The second-order valence-corrected chi connectivity index (χ2v) is 6.58. The second kappa shape index (κ2) is 4.97. The highest BCUT2D eigenvalue weighted by Gasteiger charge is 2.42. The molecule has 1 saturated carbocycles. The fourth-order valence-corrected chi connectivity index (χ4v) is 4.11. The Morgan fingerprint density at radius 1 is 1.10 bits per heavy atom. The van der Waals surface area contributed by atoms with Gasteiger partial charge in [0.05, 0.1) is 0 Å². The number of fused-ring (bicyclic) bond motifs is 2. The largest absolute Gasteiger partial charge is 0.332 e. The van der Waals surface area contributed by atoms with Crippen LogP contribution in [-0.2, 0) is 0 Å². The quantitative estimate of drug-likeness (QED) is 0.712. The fraction of sp³-hybridized carbons (Fsp3) is 0.500. The molecule has 3 heteroatoms. The van der Waals surface area contributed by atoms with Gasteiger partial charge in [0, 0.05) is 17.6 Å². The number of piperidine rings is 1. The van der Waals surface area contributed by atoms with Gasteiger partial charge in [-0.2, -0.15) is 0 Å². The first-order valence-corrected chi connectivity index (χ1v) is 8.00. The molecule has 1 amide bonds. The summed E-state index contributed by atoms with van der Waals surface area (Å²) in [5.74, 6) is -0.317. The Kier molecular flexibility index (Phi) is 3.09. The van der Waals surface area contributed by atoms with Crippen molar-refractivity contribution in [2.75, 3.05) is 0 Å². The maximum atomic E-state index is 13.3. The molecule has 1 aromatic carbocycles. The van der Waals surface area contributed by atoms with Crippen LogP contribution in [0.4, 0.5) is 4.39 Å². The standard InChI is InChI=1S/C18H20FNO/c19-15-6-2-5-13(9-15)18(21)20-16-7-8-17(20)11-14(10-16)12-3-1-4-12/h2,5-6,9,16-17H,1,3-4,7-8,10-11H2. The summed E-state index contributed by atoms with van der Waals surface area (Å²) in [6.45, 7) is 0. The van der Waals surface area contributed by atoms with E-state index in [4.69, 9.17) is 0 Å². The first-order valence-electron chi connectivity index (χ1n) is 8.00. The molecule has 2 atom stereocenters. The highest BCUT2D eigenvalue weighted by molar-refractivity contribution is 5.95. The monoisotopic (exact) mass is 285 g/mol. The van der Waals surface area contributed by atoms with E-state index < -0.39 is 0 Å². The Balaban J connectivity index is 1.58. The van der Waals surface area contributed by atoms with Gasteiger partial charge in [-0.15, -0.1) is 0 Å². The van der Waals surface area contributed by atoms with Gasteiger partial charge in [0.15, 0.2) is 0 Å². The van der Waals surface area contributed by atoms with Crippen molar-refractivity contribution in [3.63, 3.8) is 0 Å². The summed E-state index contributed by atoms with van der Waals surface area (Å²) < 4.78 is 13.3. The molecule has 1 aliphatic carbocycles. The summed E-state index contributed by atoms with van der Waals surface area (Å²) in [6.07, 6.45) is 8.17. The van der Waals surface area contributed by atoms with Crippen LogP contribution in [0.15, 0.2) is 35.4 Å². The van der Waals surface area contributed by atoms with E-state index in [1.165, 1.54) is 31.4 Å². The van der Waals surface area contributed by atoms with E-state index in [2.05, 4.69) is 0 Å². The first-order chi connectivity index (χ1) is 10.2. The molecule has 2 unspecified atom stereocenters. The highest BCUT2D eigenvalue weighted by atomic mass is 19.1. The van der Waals surface area contributed by atoms with Gasteiger partial charge in [0.2, 0.25) is 0 Å². The zero-order valence-electron chi connectivity index (χ0n) is 12.1. The Bertz CT molecular complexity index is 599. The van der Waals surface area contributed by atoms with Crippen LogP contribution in [0.2, 0.25) is 0 Å². The maximum absolute atomic E-state index is 13.3. The zero-order chi connectivity index (χ0) is 14.4. The van der Waals surface area contributed by atoms with Gasteiger partial charge in [0.25, 0.3) is 5.91 Å². The molecule has 3 fully saturated rings. The van der Waals surface area contributed by atoms with Crippen molar-refractivity contribution >= 4 is 5.91 Å². The van der Waals surface area contributed by atoms with E-state index in [1.54, 1.807) is 23.3 Å². The third-order valence-corrected chi connectivity index (χ3v) is 5.35. The normalized spacial score (nSPS) is 27.8. The van der Waals surface area contributed by atoms with Gasteiger partial charge in [-0.25, -0.2) is 4.39 Å². The topological polar surface area (TPSA) is 20.3 Å². The molecule has 2 bridgehead atoms. The maximum Gasteiger partial charge on any atom is 0.254 e. The summed E-state index contributed by atoms with van der Waals surface area (Å²) in [4.78, 5) is 14.8. The van der Waals surface area contributed by atoms with Crippen molar-refractivity contribution < 1.29 is 9.18 Å². The van der Waals surface area contributed by atoms with Crippen molar-refractivity contribution in [1.29, 1.82) is 0 Å². The smallest absolute Gasteiger partial charge is 0.254 e. The third kappa shape index (κ3) is 2.19. The van der Waals surface area contributed by atoms with Crippen molar-refractivity contribution in [2.24, 2.45) is 0 Å². The molecule has 0 spiro atoms. The number of carbonyl (C=O) groups excluding carboxylic acids is 1. The number of hydrogen-bond donors (Lipinski definition) is 0. The molecule has 2 heterocycles. The minimum atomic E-state index is -0.331. The molecule has 1 aromatic rings. The summed E-state index contributed by atoms with van der Waals surface area (Å²) in [7, 11) is 0. The molecule has 2 saturated heterocycles. The molecule has 2 nitrogen and oxygen atoms in total. The Labute approximate surface area is 124 Å². The fourth-order valence-electron chi connectivity index (χ4n) is 4.11. The van der Waals surface area contributed by atoms with Gasteiger partial charge in [-0.3, -0.25) is 4.79 Å². The van der Waals surface area contributed by atoms with Crippen molar-refractivity contribution in [2.45, 2.75) is 57.0 Å². The summed E-state index contributed by atoms with van der Waals surface area (Å²) in [5, 5.41) is 0. The van der Waals surface area contributed by atoms with Crippen molar-refractivity contribution in [3.8, 4) is 0 Å². The molecule has 110 valence electrons. The van der Waals surface area contributed by atoms with E-state index in [1.807, 2.05) is 4.90 Å². The lowest BCUT2D eigenvalue weighted by Gasteiger charge is -2.38. The molecule has 0 aromatic heterocycles. The molecule has 0 N–H and O–H groups in total. The van der Waals surface area contributed by atoms with Gasteiger partial charge in [-0.05, 0) is 63.1 Å². The lowest BCUT2D eigenvalue weighted by Crippen LogP contribution is -2.45. The SMILES string of the molecule is O=C(c1cccc(F)c1)N1C2CCC1CC(=C1CCC1)C2. The summed E-state index contributed by atoms with van der Waals surface area (Å²) in [5.41, 5.74) is 3.77. The van der Waals surface area contributed by atoms with Gasteiger partial charge in [0.1, 0.15) is 5.82 Å². The number of carbonyl (C=O) groups is 1. The Hall–Kier alpha value is -1.64. The lowest BCUT2D eigenvalue weighted by atomic mass is 9.82. The van der Waals surface area contributed by atoms with Crippen LogP contribution in [0.1, 0.15) is 55.3 Å². The molecule has 2 aliphatic heterocycles. The molecule has 3 aliphatic rings. The summed E-state index contributed by atoms with van der Waals surface area (Å²) >= 11 is 0. The number of halogens is 1. The predicted octanol–water partition coefficient (Wildman–Crippen LogP) is 4.07. The minimum Gasteiger partial charge on any atom is -0.332 e. The van der Waals surface area contributed by atoms with Gasteiger partial charge in [-0.1, -0.05) is 17.2 Å². The molecular formula is C18H20FNO. The Morgan fingerprint density at radius 2 is 1.81 bits per heavy atom. The number of hydrogen-bond acceptors (Lipinski definition) is 1. The van der Waals surface area contributed by atoms with Crippen LogP contribution >= 0.6 is 0 Å². The lowest BCUT2D eigenvalue weighted by molar-refractivity contribution is 0.0632. The first kappa shape index (κ1) is 13.1. The van der Waals surface area contributed by atoms with E-state index in [0.29, 0.717) is 17.6 Å². The van der Waals surface area contributed by atoms with E-state index in [-0.39, 0.29) is 11.7 Å². The van der Waals surface area contributed by atoms with Crippen molar-refractivity contribution in [3.05, 3.63) is 46.8 Å². The van der Waals surface area contributed by atoms with Crippen LogP contribution in [0, 0.1) is 5.82 Å². The van der Waals surface area contributed by atoms with Crippen LogP contribution in [0.5, 0.6) is 0 Å². The average molecular weight is 285 g/mol. The predicted molar refractivity (Wildman–Crippen MR) is 79.5 cm³/mol. The molecular weight excluding hydrogens is 265 g/mol. The molecule has 21 heavy (non-hydrogen) atoms. The van der Waals surface area contributed by atoms with Crippen LogP contribution in [0.25, 0.3) is 0 Å². The van der Waals surface area contributed by atoms with E-state index >= 15 is 0 Å². The van der Waals surface area contributed by atoms with Crippen LogP contribution in [0.3, 0.4) is 0 Å². The van der Waals surface area contributed by atoms with Crippen molar-refractivity contribution in [1.82, 2.24) is 4.90 Å². The number of benzene rings is 1. The Morgan fingerprint density at radius 3 is 2.38 bits per heavy atom. The van der Waals surface area contributed by atoms with Gasteiger partial charge >= 0.3 is 0 Å². The van der Waals surface area contributed by atoms with Crippen LogP contribution in [-0.4, -0.2) is 22.9 Å². The van der Waals surface area contributed by atoms with E-state index in [9.17, 15) is 9.18 Å². The number of allylic oxidation sites excluding steroid dienone is 1. The highest BCUT2D eigenvalue weighted by Crippen LogP contribution is 2.43. The van der Waals surface area contributed by atoms with Gasteiger partial charge < -0.3 is 4.90 Å². The van der Waals surface area contributed by atoms with E-state index in [0.717, 1.165) is 25.7 Å². The van der Waals surface area contributed by atoms with Crippen LogP contribution < -0.4 is 0 Å². The minimum absolute atomic E-state index is 0.0136. The number of amides is 1. The third-order valence-electron chi connectivity index (χ3n) is 5.35. The molecule has 0 radical (unpaired) electrons. The number of rotatable bonds is 1. The average Bonchev–Trinajstić information content (AvgIpc) is 2.67. The summed E-state index contributed by atoms with van der Waals surface area (Å²) in [6, 6.07) is 6.77. The second-order valence-electron chi connectivity index (χ2n) is 6.58. The molecule has 4 rings (SSSR count). The zero-order valence-corrected chi connectivity index (χ0v) is 12.1. The number of nitrogens with zero attached hydrogens (tertiary/aromatic N) is 1.